The van der Waals surface area contributed by atoms with Crippen molar-refractivity contribution < 1.29 is 4.79 Å². The number of rotatable bonds is 4. The zero-order valence-electron chi connectivity index (χ0n) is 12.0. The molecule has 1 N–H and O–H groups in total. The Morgan fingerprint density at radius 1 is 1.22 bits per heavy atom. The van der Waals surface area contributed by atoms with Gasteiger partial charge in [-0.05, 0) is 35.9 Å². The van der Waals surface area contributed by atoms with Gasteiger partial charge in [-0.3, -0.25) is 9.48 Å². The lowest BCUT2D eigenvalue weighted by Gasteiger charge is -2.12. The topological polar surface area (TPSA) is 46.9 Å². The first-order chi connectivity index (χ1) is 11.1. The summed E-state index contributed by atoms with van der Waals surface area (Å²) in [5.41, 5.74) is 2.13. The molecule has 1 aromatic heterocycles. The van der Waals surface area contributed by atoms with Crippen molar-refractivity contribution in [1.82, 2.24) is 9.78 Å². The average molecular weight is 391 g/mol. The van der Waals surface area contributed by atoms with Gasteiger partial charge in [0.2, 0.25) is 0 Å². The highest BCUT2D eigenvalue weighted by Crippen LogP contribution is 2.23. The van der Waals surface area contributed by atoms with Gasteiger partial charge in [0.1, 0.15) is 0 Å². The van der Waals surface area contributed by atoms with Crippen LogP contribution in [0.3, 0.4) is 0 Å². The first-order valence-corrected chi connectivity index (χ1v) is 8.12. The first kappa shape index (κ1) is 15.8. The number of carbonyl (C=O) groups excluding carboxylic acids is 1. The zero-order valence-corrected chi connectivity index (χ0v) is 14.4. The summed E-state index contributed by atoms with van der Waals surface area (Å²) < 4.78 is 2.61. The van der Waals surface area contributed by atoms with Gasteiger partial charge in [0, 0.05) is 22.6 Å². The van der Waals surface area contributed by atoms with E-state index in [9.17, 15) is 4.79 Å². The molecule has 1 heterocycles. The SMILES string of the molecule is O=C(Nc1ccccc1Cn1cccn1)c1cc(Br)ccc1Cl. The number of hydrogen-bond acceptors (Lipinski definition) is 2. The van der Waals surface area contributed by atoms with E-state index in [-0.39, 0.29) is 5.91 Å². The molecule has 0 bridgehead atoms. The van der Waals surface area contributed by atoms with E-state index in [4.69, 9.17) is 11.6 Å². The van der Waals surface area contributed by atoms with E-state index in [1.165, 1.54) is 0 Å². The number of amides is 1. The molecule has 6 heteroatoms. The molecular formula is C17H13BrClN3O. The third-order valence-corrected chi connectivity index (χ3v) is 4.15. The Bertz CT molecular complexity index is 834. The summed E-state index contributed by atoms with van der Waals surface area (Å²) in [6.45, 7) is 0.579. The second-order valence-electron chi connectivity index (χ2n) is 4.94. The predicted molar refractivity (Wildman–Crippen MR) is 94.9 cm³/mol. The largest absolute Gasteiger partial charge is 0.322 e. The maximum atomic E-state index is 12.5. The number of para-hydroxylation sites is 1. The van der Waals surface area contributed by atoms with Crippen LogP contribution in [0, 0.1) is 0 Å². The van der Waals surface area contributed by atoms with Crippen LogP contribution < -0.4 is 5.32 Å². The van der Waals surface area contributed by atoms with Crippen molar-refractivity contribution in [3.8, 4) is 0 Å². The lowest BCUT2D eigenvalue weighted by molar-refractivity contribution is 0.102. The Kier molecular flexibility index (Phi) is 4.79. The average Bonchev–Trinajstić information content (AvgIpc) is 3.04. The Hall–Kier alpha value is -2.11. The van der Waals surface area contributed by atoms with Crippen LogP contribution in [-0.4, -0.2) is 15.7 Å². The summed E-state index contributed by atoms with van der Waals surface area (Å²) in [5.74, 6) is -0.246. The van der Waals surface area contributed by atoms with E-state index < -0.39 is 0 Å². The summed E-state index contributed by atoms with van der Waals surface area (Å²) in [5, 5.41) is 7.53. The van der Waals surface area contributed by atoms with Crippen molar-refractivity contribution in [2.45, 2.75) is 6.54 Å². The van der Waals surface area contributed by atoms with Crippen molar-refractivity contribution >= 4 is 39.1 Å². The third-order valence-electron chi connectivity index (χ3n) is 3.33. The quantitative estimate of drug-likeness (QED) is 0.708. The molecule has 0 saturated heterocycles. The number of anilines is 1. The Morgan fingerprint density at radius 2 is 2.04 bits per heavy atom. The van der Waals surface area contributed by atoms with Gasteiger partial charge in [-0.15, -0.1) is 0 Å². The van der Waals surface area contributed by atoms with Crippen molar-refractivity contribution in [3.63, 3.8) is 0 Å². The number of aromatic nitrogens is 2. The smallest absolute Gasteiger partial charge is 0.257 e. The monoisotopic (exact) mass is 389 g/mol. The molecule has 0 fully saturated rings. The van der Waals surface area contributed by atoms with Gasteiger partial charge in [0.15, 0.2) is 0 Å². The summed E-state index contributed by atoms with van der Waals surface area (Å²) >= 11 is 9.47. The fourth-order valence-corrected chi connectivity index (χ4v) is 2.77. The number of hydrogen-bond donors (Lipinski definition) is 1. The van der Waals surface area contributed by atoms with Crippen LogP contribution in [-0.2, 0) is 6.54 Å². The van der Waals surface area contributed by atoms with E-state index in [2.05, 4.69) is 26.3 Å². The minimum atomic E-state index is -0.246. The summed E-state index contributed by atoms with van der Waals surface area (Å²) in [7, 11) is 0. The predicted octanol–water partition coefficient (Wildman–Crippen LogP) is 4.60. The van der Waals surface area contributed by atoms with Crippen LogP contribution in [0.1, 0.15) is 15.9 Å². The van der Waals surface area contributed by atoms with Gasteiger partial charge in [-0.1, -0.05) is 45.7 Å². The normalized spacial score (nSPS) is 10.5. The molecule has 3 aromatic rings. The van der Waals surface area contributed by atoms with E-state index >= 15 is 0 Å². The standard InChI is InChI=1S/C17H13BrClN3O/c18-13-6-7-15(19)14(10-13)17(23)21-16-5-2-1-4-12(16)11-22-9-3-8-20-22/h1-10H,11H2,(H,21,23). The summed E-state index contributed by atoms with van der Waals surface area (Å²) in [6, 6.07) is 14.7. The van der Waals surface area contributed by atoms with E-state index in [1.807, 2.05) is 36.5 Å². The van der Waals surface area contributed by atoms with Gasteiger partial charge in [0.25, 0.3) is 5.91 Å². The van der Waals surface area contributed by atoms with Crippen LogP contribution >= 0.6 is 27.5 Å². The number of carbonyl (C=O) groups is 1. The van der Waals surface area contributed by atoms with Crippen molar-refractivity contribution in [3.05, 3.63) is 81.5 Å². The number of benzene rings is 2. The van der Waals surface area contributed by atoms with Crippen molar-refractivity contribution in [2.75, 3.05) is 5.32 Å². The van der Waals surface area contributed by atoms with Crippen LogP contribution in [0.5, 0.6) is 0 Å². The lowest BCUT2D eigenvalue weighted by atomic mass is 10.1. The molecule has 116 valence electrons. The zero-order chi connectivity index (χ0) is 16.2. The summed E-state index contributed by atoms with van der Waals surface area (Å²) in [6.07, 6.45) is 3.60. The first-order valence-electron chi connectivity index (χ1n) is 6.95. The molecule has 0 atom stereocenters. The molecule has 0 aliphatic carbocycles. The number of nitrogens with zero attached hydrogens (tertiary/aromatic N) is 2. The molecule has 4 nitrogen and oxygen atoms in total. The molecule has 0 radical (unpaired) electrons. The van der Waals surface area contributed by atoms with Gasteiger partial charge in [-0.2, -0.15) is 5.10 Å². The molecular weight excluding hydrogens is 378 g/mol. The van der Waals surface area contributed by atoms with Crippen LogP contribution in [0.25, 0.3) is 0 Å². The Balaban J connectivity index is 1.85. The highest BCUT2D eigenvalue weighted by atomic mass is 79.9. The molecule has 3 rings (SSSR count). The molecule has 1 amide bonds. The third kappa shape index (κ3) is 3.81. The molecule has 0 saturated carbocycles. The Morgan fingerprint density at radius 3 is 2.83 bits per heavy atom. The lowest BCUT2D eigenvalue weighted by Crippen LogP contribution is -2.14. The maximum absolute atomic E-state index is 12.5. The number of nitrogens with one attached hydrogen (secondary N) is 1. The van der Waals surface area contributed by atoms with Gasteiger partial charge in [0.05, 0.1) is 17.1 Å². The van der Waals surface area contributed by atoms with E-state index in [0.717, 1.165) is 15.7 Å². The summed E-state index contributed by atoms with van der Waals surface area (Å²) in [4.78, 5) is 12.5. The molecule has 23 heavy (non-hydrogen) atoms. The van der Waals surface area contributed by atoms with Gasteiger partial charge >= 0.3 is 0 Å². The second-order valence-corrected chi connectivity index (χ2v) is 6.26. The highest BCUT2D eigenvalue weighted by Gasteiger charge is 2.13. The second kappa shape index (κ2) is 6.98. The molecule has 0 aliphatic heterocycles. The highest BCUT2D eigenvalue weighted by molar-refractivity contribution is 9.10. The minimum absolute atomic E-state index is 0.246. The van der Waals surface area contributed by atoms with Crippen molar-refractivity contribution in [2.24, 2.45) is 0 Å². The maximum Gasteiger partial charge on any atom is 0.257 e. The fraction of sp³-hybridized carbons (Fsp3) is 0.0588. The van der Waals surface area contributed by atoms with E-state index in [1.54, 1.807) is 29.1 Å². The van der Waals surface area contributed by atoms with Crippen LogP contribution in [0.4, 0.5) is 5.69 Å². The van der Waals surface area contributed by atoms with Crippen LogP contribution in [0.15, 0.2) is 65.4 Å². The molecule has 0 aliphatic rings. The fourth-order valence-electron chi connectivity index (χ4n) is 2.21. The molecule has 2 aromatic carbocycles. The number of halogens is 2. The van der Waals surface area contributed by atoms with Crippen LogP contribution in [0.2, 0.25) is 5.02 Å². The molecule has 0 unspecified atom stereocenters. The van der Waals surface area contributed by atoms with Gasteiger partial charge in [-0.25, -0.2) is 0 Å². The van der Waals surface area contributed by atoms with Gasteiger partial charge < -0.3 is 5.32 Å². The van der Waals surface area contributed by atoms with E-state index in [0.29, 0.717) is 17.1 Å². The van der Waals surface area contributed by atoms with Crippen molar-refractivity contribution in [1.29, 1.82) is 0 Å². The molecule has 0 spiro atoms. The Labute approximate surface area is 147 Å². The minimum Gasteiger partial charge on any atom is -0.322 e.